The summed E-state index contributed by atoms with van der Waals surface area (Å²) in [6.07, 6.45) is 1.67. The maximum Gasteiger partial charge on any atom is 0.261 e. The number of nitrogens with zero attached hydrogens (tertiary/aromatic N) is 3. The molecule has 1 saturated heterocycles. The Kier molecular flexibility index (Phi) is 6.06. The fourth-order valence-electron chi connectivity index (χ4n) is 3.35. The Morgan fingerprint density at radius 3 is 2.06 bits per heavy atom. The Morgan fingerprint density at radius 1 is 0.906 bits per heavy atom. The molecular formula is C21H24N4O5S2. The van der Waals surface area contributed by atoms with Crippen LogP contribution in [0.25, 0.3) is 11.5 Å². The summed E-state index contributed by atoms with van der Waals surface area (Å²) in [5.74, 6) is 1.09. The van der Waals surface area contributed by atoms with Crippen LogP contribution in [0.4, 0.5) is 5.69 Å². The molecule has 2 heterocycles. The van der Waals surface area contributed by atoms with E-state index in [4.69, 9.17) is 4.52 Å². The van der Waals surface area contributed by atoms with Crippen LogP contribution in [0, 0.1) is 0 Å². The topological polar surface area (TPSA) is 122 Å². The van der Waals surface area contributed by atoms with Gasteiger partial charge in [0.1, 0.15) is 0 Å². The normalized spacial score (nSPS) is 15.3. The maximum atomic E-state index is 12.7. The van der Waals surface area contributed by atoms with Crippen molar-refractivity contribution in [1.29, 1.82) is 0 Å². The van der Waals surface area contributed by atoms with Crippen molar-refractivity contribution in [3.8, 4) is 11.5 Å². The van der Waals surface area contributed by atoms with Crippen molar-refractivity contribution in [3.63, 3.8) is 0 Å². The van der Waals surface area contributed by atoms with Crippen molar-refractivity contribution >= 4 is 25.7 Å². The first-order chi connectivity index (χ1) is 15.2. The lowest BCUT2D eigenvalue weighted by Crippen LogP contribution is -2.27. The highest BCUT2D eigenvalue weighted by Crippen LogP contribution is 2.25. The summed E-state index contributed by atoms with van der Waals surface area (Å²) in [5.41, 5.74) is 1.02. The quantitative estimate of drug-likeness (QED) is 0.554. The maximum absolute atomic E-state index is 12.7. The van der Waals surface area contributed by atoms with Gasteiger partial charge in [0, 0.05) is 30.3 Å². The molecule has 0 unspecified atom stereocenters. The smallest absolute Gasteiger partial charge is 0.261 e. The third-order valence-electron chi connectivity index (χ3n) is 5.18. The van der Waals surface area contributed by atoms with Gasteiger partial charge in [-0.05, 0) is 61.4 Å². The molecule has 0 radical (unpaired) electrons. The van der Waals surface area contributed by atoms with Crippen LogP contribution >= 0.6 is 0 Å². The summed E-state index contributed by atoms with van der Waals surface area (Å²) in [6, 6.07) is 11.8. The van der Waals surface area contributed by atoms with Gasteiger partial charge in [-0.15, -0.1) is 0 Å². The van der Waals surface area contributed by atoms with Gasteiger partial charge in [0.25, 0.3) is 15.9 Å². The molecule has 2 aromatic carbocycles. The summed E-state index contributed by atoms with van der Waals surface area (Å²) < 4.78 is 59.9. The van der Waals surface area contributed by atoms with E-state index in [1.54, 1.807) is 24.3 Å². The van der Waals surface area contributed by atoms with E-state index in [9.17, 15) is 16.8 Å². The Labute approximate surface area is 187 Å². The molecule has 170 valence electrons. The van der Waals surface area contributed by atoms with Gasteiger partial charge in [-0.3, -0.25) is 4.72 Å². The molecule has 11 heteroatoms. The highest BCUT2D eigenvalue weighted by atomic mass is 32.2. The standard InChI is InChI=1S/C21H24N4O5S2/c1-15(2)20-22-21(30-23-20)16-5-7-17(8-6-16)24-31(26,27)18-9-11-19(12-10-18)32(28,29)25-13-3-4-14-25/h5-12,15,24H,3-4,13-14H2,1-2H3. The van der Waals surface area contributed by atoms with Crippen LogP contribution in [0.5, 0.6) is 0 Å². The first-order valence-electron chi connectivity index (χ1n) is 10.2. The second-order valence-corrected chi connectivity index (χ2v) is 11.5. The van der Waals surface area contributed by atoms with Gasteiger partial charge < -0.3 is 4.52 Å². The molecule has 0 atom stereocenters. The largest absolute Gasteiger partial charge is 0.334 e. The lowest BCUT2D eigenvalue weighted by atomic mass is 10.2. The number of hydrogen-bond acceptors (Lipinski definition) is 7. The van der Waals surface area contributed by atoms with Crippen molar-refractivity contribution in [3.05, 3.63) is 54.4 Å². The minimum atomic E-state index is -3.89. The zero-order valence-electron chi connectivity index (χ0n) is 17.7. The first-order valence-corrected chi connectivity index (χ1v) is 13.2. The van der Waals surface area contributed by atoms with Crippen LogP contribution in [0.1, 0.15) is 38.4 Å². The Hall–Kier alpha value is -2.76. The first kappa shape index (κ1) is 22.4. The number of benzene rings is 2. The molecule has 9 nitrogen and oxygen atoms in total. The predicted octanol–water partition coefficient (Wildman–Crippen LogP) is 3.45. The molecule has 0 bridgehead atoms. The molecule has 0 saturated carbocycles. The monoisotopic (exact) mass is 476 g/mol. The van der Waals surface area contributed by atoms with Crippen molar-refractivity contribution in [1.82, 2.24) is 14.4 Å². The molecule has 32 heavy (non-hydrogen) atoms. The van der Waals surface area contributed by atoms with E-state index in [-0.39, 0.29) is 15.7 Å². The Morgan fingerprint density at radius 2 is 1.50 bits per heavy atom. The minimum absolute atomic E-state index is 0.0274. The van der Waals surface area contributed by atoms with Crippen LogP contribution in [0.3, 0.4) is 0 Å². The predicted molar refractivity (Wildman–Crippen MR) is 119 cm³/mol. The highest BCUT2D eigenvalue weighted by Gasteiger charge is 2.27. The average molecular weight is 477 g/mol. The molecule has 1 aromatic heterocycles. The zero-order valence-corrected chi connectivity index (χ0v) is 19.4. The number of rotatable bonds is 7. The summed E-state index contributed by atoms with van der Waals surface area (Å²) >= 11 is 0. The van der Waals surface area contributed by atoms with Gasteiger partial charge in [-0.1, -0.05) is 19.0 Å². The third-order valence-corrected chi connectivity index (χ3v) is 8.49. The molecule has 1 aliphatic heterocycles. The fourth-order valence-corrected chi connectivity index (χ4v) is 5.93. The molecule has 0 spiro atoms. The van der Waals surface area contributed by atoms with Crippen molar-refractivity contribution < 1.29 is 21.4 Å². The molecule has 4 rings (SSSR count). The van der Waals surface area contributed by atoms with Crippen molar-refractivity contribution in [2.45, 2.75) is 42.4 Å². The minimum Gasteiger partial charge on any atom is -0.334 e. The third kappa shape index (κ3) is 4.54. The van der Waals surface area contributed by atoms with Crippen molar-refractivity contribution in [2.75, 3.05) is 17.8 Å². The van der Waals surface area contributed by atoms with Gasteiger partial charge >= 0.3 is 0 Å². The molecule has 0 aliphatic carbocycles. The van der Waals surface area contributed by atoms with E-state index in [1.807, 2.05) is 13.8 Å². The van der Waals surface area contributed by atoms with Gasteiger partial charge in [0.2, 0.25) is 10.0 Å². The fraction of sp³-hybridized carbons (Fsp3) is 0.333. The van der Waals surface area contributed by atoms with Gasteiger partial charge in [0.05, 0.1) is 9.79 Å². The number of nitrogens with one attached hydrogen (secondary N) is 1. The van der Waals surface area contributed by atoms with Crippen LogP contribution in [0.15, 0.2) is 62.8 Å². The second kappa shape index (κ2) is 8.64. The Balaban J connectivity index is 1.49. The Bertz CT molecular complexity index is 1290. The van der Waals surface area contributed by atoms with E-state index >= 15 is 0 Å². The van der Waals surface area contributed by atoms with Crippen LogP contribution in [-0.4, -0.2) is 44.4 Å². The number of sulfonamides is 2. The summed E-state index contributed by atoms with van der Waals surface area (Å²) in [4.78, 5) is 4.38. The van der Waals surface area contributed by atoms with Crippen molar-refractivity contribution in [2.24, 2.45) is 0 Å². The van der Waals surface area contributed by atoms with Crippen LogP contribution in [-0.2, 0) is 20.0 Å². The molecule has 1 aliphatic rings. The average Bonchev–Trinajstić information content (AvgIpc) is 3.47. The van der Waals surface area contributed by atoms with E-state index < -0.39 is 20.0 Å². The highest BCUT2D eigenvalue weighted by molar-refractivity contribution is 7.92. The molecular weight excluding hydrogens is 452 g/mol. The lowest BCUT2D eigenvalue weighted by molar-refractivity contribution is 0.419. The zero-order chi connectivity index (χ0) is 22.9. The second-order valence-electron chi connectivity index (χ2n) is 7.88. The van der Waals surface area contributed by atoms with Crippen LogP contribution in [0.2, 0.25) is 0 Å². The summed E-state index contributed by atoms with van der Waals surface area (Å²) in [6.45, 7) is 4.90. The molecule has 3 aromatic rings. The van der Waals surface area contributed by atoms with E-state index in [1.165, 1.54) is 28.6 Å². The van der Waals surface area contributed by atoms with Gasteiger partial charge in [-0.2, -0.15) is 9.29 Å². The molecule has 1 fully saturated rings. The molecule has 0 amide bonds. The summed E-state index contributed by atoms with van der Waals surface area (Å²) in [5, 5.41) is 3.92. The van der Waals surface area contributed by atoms with E-state index in [0.717, 1.165) is 12.8 Å². The van der Waals surface area contributed by atoms with Gasteiger partial charge in [-0.25, -0.2) is 16.8 Å². The van der Waals surface area contributed by atoms with E-state index in [2.05, 4.69) is 14.9 Å². The lowest BCUT2D eigenvalue weighted by Gasteiger charge is -2.15. The SMILES string of the molecule is CC(C)c1noc(-c2ccc(NS(=O)(=O)c3ccc(S(=O)(=O)N4CCCC4)cc3)cc2)n1. The summed E-state index contributed by atoms with van der Waals surface area (Å²) in [7, 11) is -7.49. The van der Waals surface area contributed by atoms with Crippen LogP contribution < -0.4 is 4.72 Å². The number of anilines is 1. The molecule has 1 N–H and O–H groups in total. The van der Waals surface area contributed by atoms with Gasteiger partial charge in [0.15, 0.2) is 5.82 Å². The van der Waals surface area contributed by atoms with E-state index in [0.29, 0.717) is 36.1 Å². The number of aromatic nitrogens is 2. The number of hydrogen-bond donors (Lipinski definition) is 1.